The molecule has 1 unspecified atom stereocenters. The van der Waals surface area contributed by atoms with Crippen LogP contribution in [0.25, 0.3) is 0 Å². The number of hydrogen-bond donors (Lipinski definition) is 1. The highest BCUT2D eigenvalue weighted by molar-refractivity contribution is 5.54. The Morgan fingerprint density at radius 3 is 2.38 bits per heavy atom. The molecule has 1 fully saturated rings. The number of aliphatic hydroxyl groups excluding tert-OH is 1. The summed E-state index contributed by atoms with van der Waals surface area (Å²) in [6.07, 6.45) is 2.71. The van der Waals surface area contributed by atoms with E-state index in [0.29, 0.717) is 5.92 Å². The number of ether oxygens (including phenoxy) is 1. The molecular formula is C21H27NO2. The van der Waals surface area contributed by atoms with Crippen molar-refractivity contribution < 1.29 is 9.84 Å². The van der Waals surface area contributed by atoms with Crippen LogP contribution < -0.4 is 9.64 Å². The third kappa shape index (κ3) is 3.57. The summed E-state index contributed by atoms with van der Waals surface area (Å²) >= 11 is 0. The van der Waals surface area contributed by atoms with Gasteiger partial charge in [0.2, 0.25) is 0 Å². The average Bonchev–Trinajstić information content (AvgIpc) is 2.67. The average molecular weight is 325 g/mol. The van der Waals surface area contributed by atoms with Crippen molar-refractivity contribution in [3.63, 3.8) is 0 Å². The smallest absolute Gasteiger partial charge is 0.118 e. The molecule has 1 aliphatic rings. The predicted molar refractivity (Wildman–Crippen MR) is 98.7 cm³/mol. The van der Waals surface area contributed by atoms with E-state index in [2.05, 4.69) is 36.1 Å². The van der Waals surface area contributed by atoms with Crippen LogP contribution in [0.1, 0.15) is 37.0 Å². The molecule has 3 heteroatoms. The van der Waals surface area contributed by atoms with Crippen LogP contribution in [0.15, 0.2) is 48.5 Å². The molecule has 0 saturated carbocycles. The van der Waals surface area contributed by atoms with Gasteiger partial charge in [0.1, 0.15) is 5.75 Å². The van der Waals surface area contributed by atoms with Crippen LogP contribution in [0.5, 0.6) is 5.75 Å². The van der Waals surface area contributed by atoms with Crippen molar-refractivity contribution in [2.45, 2.75) is 32.3 Å². The number of hydrogen-bond acceptors (Lipinski definition) is 3. The zero-order valence-corrected chi connectivity index (χ0v) is 14.6. The van der Waals surface area contributed by atoms with Crippen LogP contribution in [0.3, 0.4) is 0 Å². The zero-order valence-electron chi connectivity index (χ0n) is 14.6. The first-order valence-corrected chi connectivity index (χ1v) is 8.87. The summed E-state index contributed by atoms with van der Waals surface area (Å²) in [5, 5.41) is 10.7. The van der Waals surface area contributed by atoms with Crippen molar-refractivity contribution in [3.05, 3.63) is 59.7 Å². The third-order valence-corrected chi connectivity index (χ3v) is 5.16. The highest BCUT2D eigenvalue weighted by atomic mass is 16.5. The first kappa shape index (κ1) is 16.8. The fourth-order valence-corrected chi connectivity index (χ4v) is 3.65. The number of rotatable bonds is 5. The summed E-state index contributed by atoms with van der Waals surface area (Å²) in [6, 6.07) is 16.5. The summed E-state index contributed by atoms with van der Waals surface area (Å²) < 4.78 is 5.19. The summed E-state index contributed by atoms with van der Waals surface area (Å²) in [5.74, 6) is 1.15. The number of nitrogens with zero attached hydrogens (tertiary/aromatic N) is 1. The van der Waals surface area contributed by atoms with E-state index in [9.17, 15) is 5.11 Å². The second-order valence-corrected chi connectivity index (χ2v) is 6.52. The maximum atomic E-state index is 10.7. The molecule has 1 heterocycles. The summed E-state index contributed by atoms with van der Waals surface area (Å²) in [5.41, 5.74) is 3.76. The normalized spacial score (nSPS) is 16.9. The Hall–Kier alpha value is -2.00. The largest absolute Gasteiger partial charge is 0.497 e. The van der Waals surface area contributed by atoms with E-state index in [4.69, 9.17) is 4.74 Å². The second-order valence-electron chi connectivity index (χ2n) is 6.52. The summed E-state index contributed by atoms with van der Waals surface area (Å²) in [6.45, 7) is 4.23. The molecule has 3 nitrogen and oxygen atoms in total. The monoisotopic (exact) mass is 325 g/mol. The highest BCUT2D eigenvalue weighted by Crippen LogP contribution is 2.34. The van der Waals surface area contributed by atoms with Gasteiger partial charge in [-0.05, 0) is 54.5 Å². The van der Waals surface area contributed by atoms with Crippen LogP contribution in [0.2, 0.25) is 0 Å². The maximum Gasteiger partial charge on any atom is 0.118 e. The molecule has 0 amide bonds. The lowest BCUT2D eigenvalue weighted by Crippen LogP contribution is -2.36. The van der Waals surface area contributed by atoms with E-state index in [-0.39, 0.29) is 6.10 Å². The Morgan fingerprint density at radius 1 is 1.08 bits per heavy atom. The topological polar surface area (TPSA) is 32.7 Å². The fourth-order valence-electron chi connectivity index (χ4n) is 3.65. The van der Waals surface area contributed by atoms with Crippen molar-refractivity contribution >= 4 is 5.69 Å². The Morgan fingerprint density at radius 2 is 1.75 bits per heavy atom. The van der Waals surface area contributed by atoms with Crippen molar-refractivity contribution in [2.75, 3.05) is 25.1 Å². The van der Waals surface area contributed by atoms with Gasteiger partial charge in [0.15, 0.2) is 0 Å². The van der Waals surface area contributed by atoms with Crippen molar-refractivity contribution in [3.8, 4) is 5.75 Å². The third-order valence-electron chi connectivity index (χ3n) is 5.16. The molecular weight excluding hydrogens is 298 g/mol. The highest BCUT2D eigenvalue weighted by Gasteiger charge is 2.27. The first-order valence-electron chi connectivity index (χ1n) is 8.87. The molecule has 128 valence electrons. The Labute approximate surface area is 144 Å². The van der Waals surface area contributed by atoms with Gasteiger partial charge in [-0.2, -0.15) is 0 Å². The second kappa shape index (κ2) is 7.71. The number of piperidine rings is 1. The van der Waals surface area contributed by atoms with Gasteiger partial charge in [0, 0.05) is 18.8 Å². The lowest BCUT2D eigenvalue weighted by atomic mass is 9.87. The molecule has 1 aliphatic heterocycles. The molecule has 1 saturated heterocycles. The number of methoxy groups -OCH3 is 1. The minimum atomic E-state index is -0.389. The van der Waals surface area contributed by atoms with Crippen LogP contribution >= 0.6 is 0 Å². The van der Waals surface area contributed by atoms with Gasteiger partial charge >= 0.3 is 0 Å². The van der Waals surface area contributed by atoms with Crippen LogP contribution in [-0.2, 0) is 6.42 Å². The minimum Gasteiger partial charge on any atom is -0.497 e. The first-order chi connectivity index (χ1) is 11.7. The SMILES string of the molecule is CCc1ccccc1N1CCC(C(O)c2ccc(OC)cc2)CC1. The van der Waals surface area contributed by atoms with Crippen molar-refractivity contribution in [1.82, 2.24) is 0 Å². The number of para-hydroxylation sites is 1. The van der Waals surface area contributed by atoms with Crippen molar-refractivity contribution in [2.24, 2.45) is 5.92 Å². The van der Waals surface area contributed by atoms with Gasteiger partial charge in [-0.25, -0.2) is 0 Å². The molecule has 0 aliphatic carbocycles. The van der Waals surface area contributed by atoms with Gasteiger partial charge in [0.25, 0.3) is 0 Å². The van der Waals surface area contributed by atoms with E-state index in [1.165, 1.54) is 11.3 Å². The molecule has 1 atom stereocenters. The molecule has 0 radical (unpaired) electrons. The van der Waals surface area contributed by atoms with Crippen molar-refractivity contribution in [1.29, 1.82) is 0 Å². The Bertz CT molecular complexity index is 645. The number of aliphatic hydroxyl groups is 1. The maximum absolute atomic E-state index is 10.7. The van der Waals surface area contributed by atoms with E-state index in [0.717, 1.165) is 43.7 Å². The molecule has 2 aromatic carbocycles. The van der Waals surface area contributed by atoms with Crippen LogP contribution in [0.4, 0.5) is 5.69 Å². The van der Waals surface area contributed by atoms with Gasteiger partial charge in [-0.15, -0.1) is 0 Å². The van der Waals surface area contributed by atoms with Gasteiger partial charge in [-0.3, -0.25) is 0 Å². The Balaban J connectivity index is 1.63. The summed E-state index contributed by atoms with van der Waals surface area (Å²) in [7, 11) is 1.66. The molecule has 0 bridgehead atoms. The van der Waals surface area contributed by atoms with Gasteiger partial charge in [-0.1, -0.05) is 37.3 Å². The van der Waals surface area contributed by atoms with E-state index in [1.807, 2.05) is 24.3 Å². The quantitative estimate of drug-likeness (QED) is 0.894. The van der Waals surface area contributed by atoms with Gasteiger partial charge < -0.3 is 14.7 Å². The molecule has 1 N–H and O–H groups in total. The molecule has 2 aromatic rings. The number of anilines is 1. The fraction of sp³-hybridized carbons (Fsp3) is 0.429. The van der Waals surface area contributed by atoms with Crippen LogP contribution in [0, 0.1) is 5.92 Å². The Kier molecular flexibility index (Phi) is 5.41. The van der Waals surface area contributed by atoms with E-state index in [1.54, 1.807) is 7.11 Å². The molecule has 0 spiro atoms. The van der Waals surface area contributed by atoms with Gasteiger partial charge in [0.05, 0.1) is 13.2 Å². The number of aryl methyl sites for hydroxylation is 1. The summed E-state index contributed by atoms with van der Waals surface area (Å²) in [4.78, 5) is 2.47. The zero-order chi connectivity index (χ0) is 16.9. The standard InChI is InChI=1S/C21H27NO2/c1-3-16-6-4-5-7-20(16)22-14-12-18(13-15-22)21(23)17-8-10-19(24-2)11-9-17/h4-11,18,21,23H,3,12-15H2,1-2H3. The lowest BCUT2D eigenvalue weighted by molar-refractivity contribution is 0.0929. The lowest BCUT2D eigenvalue weighted by Gasteiger charge is -2.36. The minimum absolute atomic E-state index is 0.323. The predicted octanol–water partition coefficient (Wildman–Crippen LogP) is 4.21. The van der Waals surface area contributed by atoms with E-state index < -0.39 is 0 Å². The van der Waals surface area contributed by atoms with E-state index >= 15 is 0 Å². The molecule has 24 heavy (non-hydrogen) atoms. The van der Waals surface area contributed by atoms with Crippen LogP contribution in [-0.4, -0.2) is 25.3 Å². The number of benzene rings is 2. The molecule has 3 rings (SSSR count). The molecule has 0 aromatic heterocycles.